The van der Waals surface area contributed by atoms with Gasteiger partial charge in [0.2, 0.25) is 0 Å². The first-order valence-electron chi connectivity index (χ1n) is 5.91. The predicted molar refractivity (Wildman–Crippen MR) is 78.4 cm³/mol. The predicted octanol–water partition coefficient (Wildman–Crippen LogP) is 2.35. The van der Waals surface area contributed by atoms with Crippen LogP contribution in [-0.4, -0.2) is 14.8 Å². The lowest BCUT2D eigenvalue weighted by molar-refractivity contribution is -0.0745. The van der Waals surface area contributed by atoms with Gasteiger partial charge in [0.25, 0.3) is 10.3 Å². The molecule has 0 amide bonds. The molecule has 0 bridgehead atoms. The maximum absolute atomic E-state index is 11.7. The molecule has 0 saturated carbocycles. The summed E-state index contributed by atoms with van der Waals surface area (Å²) in [7, 11) is 0. The molecule has 0 aliphatic rings. The van der Waals surface area contributed by atoms with Crippen LogP contribution in [0.1, 0.15) is 19.4 Å². The normalized spacial score (nSPS) is 10.6. The fraction of sp³-hybridized carbons (Fsp3) is 0.214. The third-order valence-corrected chi connectivity index (χ3v) is 2.77. The molecule has 0 spiro atoms. The Balaban J connectivity index is 0.000000861. The van der Waals surface area contributed by atoms with E-state index < -0.39 is 4.70 Å². The zero-order chi connectivity index (χ0) is 14.5. The molecule has 0 aliphatic heterocycles. The molecule has 0 unspecified atom stereocenters. The molecule has 2 N–H and O–H groups in total. The molecule has 2 rings (SSSR count). The molecule has 2 aromatic rings. The summed E-state index contributed by atoms with van der Waals surface area (Å²) in [6.45, 7) is 4.00. The summed E-state index contributed by atoms with van der Waals surface area (Å²) in [6.07, 6.45) is 1.38. The number of pyridine rings is 1. The Morgan fingerprint density at radius 3 is 2.16 bits per heavy atom. The van der Waals surface area contributed by atoms with Gasteiger partial charge in [0.15, 0.2) is 0 Å². The van der Waals surface area contributed by atoms with E-state index >= 15 is 0 Å². The zero-order valence-electron chi connectivity index (χ0n) is 10.7. The third-order valence-electron chi connectivity index (χ3n) is 2.31. The lowest BCUT2D eigenvalue weighted by Gasteiger charge is -2.15. The van der Waals surface area contributed by atoms with Crippen molar-refractivity contribution in [2.45, 2.75) is 18.5 Å². The summed E-state index contributed by atoms with van der Waals surface area (Å²) in [4.78, 5) is 11.7. The van der Waals surface area contributed by atoms with Crippen LogP contribution in [0.3, 0.4) is 0 Å². The van der Waals surface area contributed by atoms with Gasteiger partial charge in [-0.15, -0.1) is 0 Å². The molecular formula is C14H16BrNO3. The number of nitrogens with zero attached hydrogens (tertiary/aromatic N) is 1. The number of aliphatic hydroxyl groups is 2. The average Bonchev–Trinajstić information content (AvgIpc) is 2.41. The molecule has 0 fully saturated rings. The Bertz CT molecular complexity index is 573. The quantitative estimate of drug-likeness (QED) is 0.658. The van der Waals surface area contributed by atoms with Crippen molar-refractivity contribution in [2.75, 3.05) is 0 Å². The summed E-state index contributed by atoms with van der Waals surface area (Å²) >= 11 is 2.71. The fourth-order valence-corrected chi connectivity index (χ4v) is 1.70. The van der Waals surface area contributed by atoms with E-state index in [1.807, 2.05) is 19.9 Å². The van der Waals surface area contributed by atoms with E-state index in [4.69, 9.17) is 0 Å². The smallest absolute Gasteiger partial charge is 0.255 e. The van der Waals surface area contributed by atoms with Crippen LogP contribution in [0.2, 0.25) is 0 Å². The van der Waals surface area contributed by atoms with Gasteiger partial charge in [-0.25, -0.2) is 0 Å². The average molecular weight is 326 g/mol. The minimum absolute atomic E-state index is 0.181. The number of alkyl halides is 1. The van der Waals surface area contributed by atoms with Crippen LogP contribution >= 0.6 is 15.9 Å². The first-order valence-corrected chi connectivity index (χ1v) is 6.70. The highest BCUT2D eigenvalue weighted by molar-refractivity contribution is 9.09. The van der Waals surface area contributed by atoms with E-state index in [0.717, 1.165) is 0 Å². The van der Waals surface area contributed by atoms with Crippen molar-refractivity contribution in [3.63, 3.8) is 0 Å². The lowest BCUT2D eigenvalue weighted by Crippen LogP contribution is -2.22. The van der Waals surface area contributed by atoms with Gasteiger partial charge in [0, 0.05) is 23.5 Å². The van der Waals surface area contributed by atoms with Crippen LogP contribution in [0, 0.1) is 0 Å². The van der Waals surface area contributed by atoms with E-state index in [-0.39, 0.29) is 11.1 Å². The van der Waals surface area contributed by atoms with Crippen LogP contribution in [0.25, 0.3) is 5.69 Å². The molecule has 1 aromatic carbocycles. The van der Waals surface area contributed by atoms with E-state index in [0.29, 0.717) is 5.69 Å². The molecule has 1 heterocycles. The van der Waals surface area contributed by atoms with Crippen molar-refractivity contribution in [3.8, 4) is 5.69 Å². The second-order valence-electron chi connectivity index (χ2n) is 3.55. The van der Waals surface area contributed by atoms with Crippen LogP contribution in [-0.2, 0) is 4.70 Å². The van der Waals surface area contributed by atoms with Crippen LogP contribution in [0.5, 0.6) is 0 Å². The number of rotatable bonds is 2. The first kappa shape index (κ1) is 15.6. The van der Waals surface area contributed by atoms with Gasteiger partial charge >= 0.3 is 0 Å². The highest BCUT2D eigenvalue weighted by Crippen LogP contribution is 2.23. The summed E-state index contributed by atoms with van der Waals surface area (Å²) in [5, 5.41) is 18.8. The standard InChI is InChI=1S/C12H10BrNO3.C2H6/c13-12(16,17)9-6-7-11(15)14(8-9)10-4-2-1-3-5-10;1-2/h1-8,16-17H;1-2H3. The number of aromatic nitrogens is 1. The molecule has 1 aromatic heterocycles. The van der Waals surface area contributed by atoms with E-state index in [9.17, 15) is 15.0 Å². The second kappa shape index (κ2) is 6.65. The van der Waals surface area contributed by atoms with E-state index in [1.165, 1.54) is 22.9 Å². The maximum atomic E-state index is 11.7. The summed E-state index contributed by atoms with van der Waals surface area (Å²) < 4.78 is -0.797. The largest absolute Gasteiger partial charge is 0.353 e. The monoisotopic (exact) mass is 325 g/mol. The number of halogens is 1. The molecular weight excluding hydrogens is 310 g/mol. The minimum atomic E-state index is -2.14. The van der Waals surface area contributed by atoms with Gasteiger partial charge in [0.1, 0.15) is 0 Å². The minimum Gasteiger partial charge on any atom is -0.353 e. The Morgan fingerprint density at radius 1 is 1.05 bits per heavy atom. The lowest BCUT2D eigenvalue weighted by atomic mass is 10.2. The van der Waals surface area contributed by atoms with Gasteiger partial charge in [-0.2, -0.15) is 0 Å². The van der Waals surface area contributed by atoms with Crippen molar-refractivity contribution < 1.29 is 10.2 Å². The fourth-order valence-electron chi connectivity index (χ4n) is 1.47. The molecule has 0 radical (unpaired) electrons. The van der Waals surface area contributed by atoms with Crippen LogP contribution in [0.4, 0.5) is 0 Å². The Labute approximate surface area is 120 Å². The highest BCUT2D eigenvalue weighted by Gasteiger charge is 2.22. The number of hydrogen-bond acceptors (Lipinski definition) is 3. The number of para-hydroxylation sites is 1. The van der Waals surface area contributed by atoms with Crippen molar-refractivity contribution >= 4 is 15.9 Å². The van der Waals surface area contributed by atoms with Crippen molar-refractivity contribution in [1.29, 1.82) is 0 Å². The number of hydrogen-bond donors (Lipinski definition) is 2. The first-order chi connectivity index (χ1) is 8.98. The highest BCUT2D eigenvalue weighted by atomic mass is 79.9. The molecule has 0 aliphatic carbocycles. The summed E-state index contributed by atoms with van der Waals surface area (Å²) in [5.74, 6) is 0. The topological polar surface area (TPSA) is 62.5 Å². The van der Waals surface area contributed by atoms with Crippen molar-refractivity contribution in [2.24, 2.45) is 0 Å². The second-order valence-corrected chi connectivity index (χ2v) is 4.65. The van der Waals surface area contributed by atoms with Crippen molar-refractivity contribution in [1.82, 2.24) is 4.57 Å². The number of benzene rings is 1. The summed E-state index contributed by atoms with van der Waals surface area (Å²) in [6, 6.07) is 11.6. The molecule has 19 heavy (non-hydrogen) atoms. The molecule has 4 nitrogen and oxygen atoms in total. The SMILES string of the molecule is CC.O=c1ccc(C(O)(O)Br)cn1-c1ccccc1. The Morgan fingerprint density at radius 2 is 1.63 bits per heavy atom. The van der Waals surface area contributed by atoms with Crippen LogP contribution in [0.15, 0.2) is 53.5 Å². The van der Waals surface area contributed by atoms with Gasteiger partial charge in [-0.1, -0.05) is 32.0 Å². The van der Waals surface area contributed by atoms with Gasteiger partial charge in [-0.05, 0) is 34.1 Å². The Kier molecular flexibility index (Phi) is 5.47. The van der Waals surface area contributed by atoms with Gasteiger partial charge in [-0.3, -0.25) is 9.36 Å². The van der Waals surface area contributed by atoms with E-state index in [1.54, 1.807) is 24.3 Å². The van der Waals surface area contributed by atoms with Gasteiger partial charge in [0.05, 0.1) is 0 Å². The van der Waals surface area contributed by atoms with Crippen molar-refractivity contribution in [3.05, 3.63) is 64.6 Å². The molecule has 102 valence electrons. The zero-order valence-corrected chi connectivity index (χ0v) is 12.3. The maximum Gasteiger partial charge on any atom is 0.255 e. The summed E-state index contributed by atoms with van der Waals surface area (Å²) in [5.41, 5.74) is 0.605. The van der Waals surface area contributed by atoms with E-state index in [2.05, 4.69) is 15.9 Å². The molecule has 0 saturated heterocycles. The van der Waals surface area contributed by atoms with Gasteiger partial charge < -0.3 is 10.2 Å². The molecule has 0 atom stereocenters. The Hall–Kier alpha value is -1.43. The molecule has 5 heteroatoms. The third kappa shape index (κ3) is 4.02. The van der Waals surface area contributed by atoms with Crippen LogP contribution < -0.4 is 5.56 Å².